The van der Waals surface area contributed by atoms with Crippen LogP contribution in [0.15, 0.2) is 29.6 Å². The molecule has 1 aliphatic heterocycles. The van der Waals surface area contributed by atoms with Crippen LogP contribution >= 0.6 is 11.3 Å². The Balaban J connectivity index is 1.69. The van der Waals surface area contributed by atoms with E-state index in [4.69, 9.17) is 5.11 Å². The maximum Gasteiger partial charge on any atom is 0.335 e. The van der Waals surface area contributed by atoms with E-state index in [9.17, 15) is 9.59 Å². The van der Waals surface area contributed by atoms with Gasteiger partial charge in [-0.1, -0.05) is 12.1 Å². The monoisotopic (exact) mass is 317 g/mol. The molecule has 0 aliphatic carbocycles. The third kappa shape index (κ3) is 2.80. The number of carbonyl (C=O) groups is 2. The van der Waals surface area contributed by atoms with Crippen molar-refractivity contribution < 1.29 is 14.7 Å². The minimum atomic E-state index is -0.950. The average molecular weight is 317 g/mol. The van der Waals surface area contributed by atoms with Crippen LogP contribution in [0.5, 0.6) is 0 Å². The van der Waals surface area contributed by atoms with Crippen molar-refractivity contribution in [2.24, 2.45) is 0 Å². The van der Waals surface area contributed by atoms with Crippen LogP contribution in [-0.4, -0.2) is 40.1 Å². The highest BCUT2D eigenvalue weighted by molar-refractivity contribution is 7.14. The molecule has 1 aromatic heterocycles. The van der Waals surface area contributed by atoms with Crippen LogP contribution < -0.4 is 4.90 Å². The number of benzene rings is 1. The highest BCUT2D eigenvalue weighted by atomic mass is 32.1. The van der Waals surface area contributed by atoms with Crippen LogP contribution in [0.4, 0.5) is 9.93 Å². The van der Waals surface area contributed by atoms with Crippen molar-refractivity contribution in [1.82, 2.24) is 9.88 Å². The number of rotatable bonds is 4. The van der Waals surface area contributed by atoms with Crippen LogP contribution in [0.3, 0.4) is 0 Å². The zero-order valence-corrected chi connectivity index (χ0v) is 12.8. The lowest BCUT2D eigenvalue weighted by Gasteiger charge is -2.17. The number of urea groups is 1. The molecule has 0 radical (unpaired) electrons. The van der Waals surface area contributed by atoms with E-state index in [2.05, 4.69) is 4.98 Å². The van der Waals surface area contributed by atoms with Gasteiger partial charge in [-0.2, -0.15) is 0 Å². The summed E-state index contributed by atoms with van der Waals surface area (Å²) in [5, 5.41) is 11.5. The van der Waals surface area contributed by atoms with Gasteiger partial charge in [0.05, 0.1) is 11.3 Å². The molecule has 1 N–H and O–H groups in total. The molecular formula is C15H15N3O3S. The molecule has 0 bridgehead atoms. The number of thiazole rings is 1. The Morgan fingerprint density at radius 1 is 1.32 bits per heavy atom. The van der Waals surface area contributed by atoms with Gasteiger partial charge < -0.3 is 10.0 Å². The van der Waals surface area contributed by atoms with Crippen molar-refractivity contribution in [3.63, 3.8) is 0 Å². The Hall–Kier alpha value is -2.41. The Morgan fingerprint density at radius 3 is 2.64 bits per heavy atom. The molecule has 1 aromatic carbocycles. The summed E-state index contributed by atoms with van der Waals surface area (Å²) in [5.41, 5.74) is 2.07. The summed E-state index contributed by atoms with van der Waals surface area (Å²) in [6.07, 6.45) is 0. The highest BCUT2D eigenvalue weighted by Gasteiger charge is 2.31. The third-order valence-corrected chi connectivity index (χ3v) is 4.49. The molecule has 1 fully saturated rings. The number of carboxylic acid groups (broad SMARTS) is 1. The smallest absolute Gasteiger partial charge is 0.335 e. The molecule has 114 valence electrons. The second-order valence-electron chi connectivity index (χ2n) is 5.13. The summed E-state index contributed by atoms with van der Waals surface area (Å²) >= 11 is 1.47. The molecule has 2 amide bonds. The van der Waals surface area contributed by atoms with Gasteiger partial charge in [0.2, 0.25) is 0 Å². The van der Waals surface area contributed by atoms with Gasteiger partial charge in [-0.25, -0.2) is 14.6 Å². The quantitative estimate of drug-likeness (QED) is 0.940. The van der Waals surface area contributed by atoms with Crippen LogP contribution in [-0.2, 0) is 6.54 Å². The fourth-order valence-electron chi connectivity index (χ4n) is 2.35. The number of aromatic carboxylic acids is 1. The first-order chi connectivity index (χ1) is 10.5. The predicted octanol–water partition coefficient (Wildman–Crippen LogP) is 2.59. The van der Waals surface area contributed by atoms with E-state index in [1.165, 1.54) is 11.3 Å². The fraction of sp³-hybridized carbons (Fsp3) is 0.267. The van der Waals surface area contributed by atoms with Gasteiger partial charge in [0.15, 0.2) is 5.13 Å². The van der Waals surface area contributed by atoms with E-state index in [0.717, 1.165) is 16.4 Å². The van der Waals surface area contributed by atoms with Crippen molar-refractivity contribution in [1.29, 1.82) is 0 Å². The second-order valence-corrected chi connectivity index (χ2v) is 5.97. The van der Waals surface area contributed by atoms with E-state index >= 15 is 0 Å². The van der Waals surface area contributed by atoms with Gasteiger partial charge in [0.25, 0.3) is 0 Å². The minimum absolute atomic E-state index is 0.0586. The highest BCUT2D eigenvalue weighted by Crippen LogP contribution is 2.25. The molecule has 1 saturated heterocycles. The third-order valence-electron chi connectivity index (χ3n) is 3.51. The van der Waals surface area contributed by atoms with Gasteiger partial charge in [-0.15, -0.1) is 11.3 Å². The normalized spacial score (nSPS) is 14.7. The van der Waals surface area contributed by atoms with Crippen LogP contribution in [0.25, 0.3) is 0 Å². The first-order valence-corrected chi connectivity index (χ1v) is 7.73. The molecule has 0 unspecified atom stereocenters. The van der Waals surface area contributed by atoms with E-state index in [-0.39, 0.29) is 11.6 Å². The Morgan fingerprint density at radius 2 is 2.05 bits per heavy atom. The van der Waals surface area contributed by atoms with Gasteiger partial charge in [0, 0.05) is 25.0 Å². The number of amides is 2. The molecular weight excluding hydrogens is 302 g/mol. The van der Waals surface area contributed by atoms with E-state index < -0.39 is 5.97 Å². The molecule has 2 heterocycles. The Labute approximate surface area is 131 Å². The lowest BCUT2D eigenvalue weighted by atomic mass is 10.1. The second kappa shape index (κ2) is 5.76. The van der Waals surface area contributed by atoms with Crippen LogP contribution in [0, 0.1) is 6.92 Å². The zero-order valence-electron chi connectivity index (χ0n) is 12.0. The van der Waals surface area contributed by atoms with Crippen LogP contribution in [0.1, 0.15) is 21.6 Å². The number of carboxylic acids is 1. The van der Waals surface area contributed by atoms with Crippen molar-refractivity contribution in [2.45, 2.75) is 13.5 Å². The maximum absolute atomic E-state index is 12.4. The molecule has 22 heavy (non-hydrogen) atoms. The summed E-state index contributed by atoms with van der Waals surface area (Å²) in [4.78, 5) is 31.0. The predicted molar refractivity (Wildman–Crippen MR) is 83.4 cm³/mol. The van der Waals surface area contributed by atoms with Gasteiger partial charge >= 0.3 is 12.0 Å². The largest absolute Gasteiger partial charge is 0.478 e. The van der Waals surface area contributed by atoms with Crippen molar-refractivity contribution in [2.75, 3.05) is 18.0 Å². The molecule has 7 heteroatoms. The molecule has 1 aliphatic rings. The molecule has 6 nitrogen and oxygen atoms in total. The first-order valence-electron chi connectivity index (χ1n) is 6.85. The zero-order chi connectivity index (χ0) is 15.7. The van der Waals surface area contributed by atoms with E-state index in [1.807, 2.05) is 12.3 Å². The van der Waals surface area contributed by atoms with Crippen LogP contribution in [0.2, 0.25) is 0 Å². The van der Waals surface area contributed by atoms with Gasteiger partial charge in [-0.3, -0.25) is 4.90 Å². The van der Waals surface area contributed by atoms with Crippen molar-refractivity contribution in [3.8, 4) is 0 Å². The fourth-order valence-corrected chi connectivity index (χ4v) is 3.17. The molecule has 0 atom stereocenters. The summed E-state index contributed by atoms with van der Waals surface area (Å²) in [6, 6.07) is 6.54. The number of nitrogens with zero attached hydrogens (tertiary/aromatic N) is 3. The van der Waals surface area contributed by atoms with Crippen molar-refractivity contribution >= 4 is 28.5 Å². The lowest BCUT2D eigenvalue weighted by molar-refractivity contribution is 0.0697. The number of carbonyl (C=O) groups excluding carboxylic acids is 1. The summed E-state index contributed by atoms with van der Waals surface area (Å²) in [6.45, 7) is 3.64. The number of aryl methyl sites for hydroxylation is 1. The summed E-state index contributed by atoms with van der Waals surface area (Å²) < 4.78 is 0. The van der Waals surface area contributed by atoms with Crippen molar-refractivity contribution in [3.05, 3.63) is 46.5 Å². The summed E-state index contributed by atoms with van der Waals surface area (Å²) in [7, 11) is 0. The van der Waals surface area contributed by atoms with Gasteiger partial charge in [0.1, 0.15) is 0 Å². The molecule has 2 aromatic rings. The summed E-state index contributed by atoms with van der Waals surface area (Å²) in [5.74, 6) is -0.950. The minimum Gasteiger partial charge on any atom is -0.478 e. The molecule has 0 saturated carbocycles. The standard InChI is InChI=1S/C15H15N3O3S/c1-10-9-22-14(16-10)18-7-6-17(15(18)21)8-11-2-4-12(5-3-11)13(19)20/h2-5,9H,6-8H2,1H3,(H,19,20). The number of hydrogen-bond donors (Lipinski definition) is 1. The molecule has 3 rings (SSSR count). The lowest BCUT2D eigenvalue weighted by Crippen LogP contribution is -2.31. The van der Waals surface area contributed by atoms with E-state index in [0.29, 0.717) is 19.6 Å². The van der Waals surface area contributed by atoms with Gasteiger partial charge in [-0.05, 0) is 24.6 Å². The SMILES string of the molecule is Cc1csc(N2CCN(Cc3ccc(C(=O)O)cc3)C2=O)n1. The number of aromatic nitrogens is 1. The maximum atomic E-state index is 12.4. The topological polar surface area (TPSA) is 73.7 Å². The average Bonchev–Trinajstić information content (AvgIpc) is 3.07. The first kappa shape index (κ1) is 14.5. The van der Waals surface area contributed by atoms with E-state index in [1.54, 1.807) is 34.1 Å². The molecule has 0 spiro atoms. The Kier molecular flexibility index (Phi) is 3.81. The number of hydrogen-bond acceptors (Lipinski definition) is 4. The Bertz CT molecular complexity index is 711. The number of anilines is 1.